The summed E-state index contributed by atoms with van der Waals surface area (Å²) in [5, 5.41) is 0. The standard InChI is InChI=1S/C16H25BrN2O2/c1-11(2)4-5-19(3)14(10-18)12-8-13(17)16-15(9-12)20-6-7-21-16/h8-9,11,14H,4-7,10,18H2,1-3H3. The Hall–Kier alpha value is -0.780. The maximum Gasteiger partial charge on any atom is 0.175 e. The molecule has 2 N–H and O–H groups in total. The van der Waals surface area contributed by atoms with Crippen molar-refractivity contribution in [3.8, 4) is 11.5 Å². The number of ether oxygens (including phenoxy) is 2. The summed E-state index contributed by atoms with van der Waals surface area (Å²) in [6.07, 6.45) is 1.17. The summed E-state index contributed by atoms with van der Waals surface area (Å²) in [6.45, 7) is 7.29. The number of halogens is 1. The van der Waals surface area contributed by atoms with E-state index >= 15 is 0 Å². The monoisotopic (exact) mass is 356 g/mol. The van der Waals surface area contributed by atoms with Crippen molar-refractivity contribution in [2.24, 2.45) is 11.7 Å². The number of nitrogens with zero attached hydrogens (tertiary/aromatic N) is 1. The van der Waals surface area contributed by atoms with Crippen LogP contribution in [0.25, 0.3) is 0 Å². The quantitative estimate of drug-likeness (QED) is 0.850. The van der Waals surface area contributed by atoms with Crippen molar-refractivity contribution in [2.75, 3.05) is 33.4 Å². The van der Waals surface area contributed by atoms with Crippen LogP contribution in [0.5, 0.6) is 11.5 Å². The van der Waals surface area contributed by atoms with Crippen LogP contribution in [-0.2, 0) is 0 Å². The van der Waals surface area contributed by atoms with Crippen LogP contribution >= 0.6 is 15.9 Å². The van der Waals surface area contributed by atoms with Crippen molar-refractivity contribution in [3.05, 3.63) is 22.2 Å². The summed E-state index contributed by atoms with van der Waals surface area (Å²) in [5.41, 5.74) is 7.18. The second kappa shape index (κ2) is 7.47. The molecule has 1 aromatic carbocycles. The van der Waals surface area contributed by atoms with Crippen molar-refractivity contribution in [3.63, 3.8) is 0 Å². The van der Waals surface area contributed by atoms with E-state index in [9.17, 15) is 0 Å². The minimum Gasteiger partial charge on any atom is -0.486 e. The molecule has 0 saturated heterocycles. The Morgan fingerprint density at radius 1 is 1.29 bits per heavy atom. The smallest absolute Gasteiger partial charge is 0.175 e. The highest BCUT2D eigenvalue weighted by Crippen LogP contribution is 2.40. The number of rotatable bonds is 6. The molecule has 0 fully saturated rings. The zero-order valence-corrected chi connectivity index (χ0v) is 14.6. The molecule has 0 aliphatic carbocycles. The van der Waals surface area contributed by atoms with E-state index in [4.69, 9.17) is 15.2 Å². The van der Waals surface area contributed by atoms with Gasteiger partial charge in [-0.05, 0) is 59.6 Å². The zero-order valence-electron chi connectivity index (χ0n) is 13.1. The molecule has 0 aromatic heterocycles. The molecule has 1 aromatic rings. The van der Waals surface area contributed by atoms with Crippen molar-refractivity contribution < 1.29 is 9.47 Å². The van der Waals surface area contributed by atoms with E-state index in [2.05, 4.69) is 53.9 Å². The van der Waals surface area contributed by atoms with E-state index in [-0.39, 0.29) is 6.04 Å². The molecule has 0 amide bonds. The summed E-state index contributed by atoms with van der Waals surface area (Å²) >= 11 is 3.58. The highest BCUT2D eigenvalue weighted by atomic mass is 79.9. The van der Waals surface area contributed by atoms with Crippen molar-refractivity contribution in [1.29, 1.82) is 0 Å². The van der Waals surface area contributed by atoms with Crippen molar-refractivity contribution in [1.82, 2.24) is 4.90 Å². The number of fused-ring (bicyclic) bond motifs is 1. The van der Waals surface area contributed by atoms with Gasteiger partial charge in [0.25, 0.3) is 0 Å². The highest BCUT2D eigenvalue weighted by molar-refractivity contribution is 9.10. The van der Waals surface area contributed by atoms with Gasteiger partial charge in [-0.15, -0.1) is 0 Å². The minimum absolute atomic E-state index is 0.191. The van der Waals surface area contributed by atoms with Crippen LogP contribution in [-0.4, -0.2) is 38.3 Å². The van der Waals surface area contributed by atoms with E-state index in [1.807, 2.05) is 0 Å². The predicted molar refractivity (Wildman–Crippen MR) is 89.0 cm³/mol. The SMILES string of the molecule is CC(C)CCN(C)C(CN)c1cc(Br)c2c(c1)OCCO2. The number of hydrogen-bond donors (Lipinski definition) is 1. The Labute approximate surface area is 135 Å². The molecule has 1 aliphatic rings. The van der Waals surface area contributed by atoms with Crippen molar-refractivity contribution >= 4 is 15.9 Å². The number of hydrogen-bond acceptors (Lipinski definition) is 4. The van der Waals surface area contributed by atoms with Gasteiger partial charge in [-0.2, -0.15) is 0 Å². The Balaban J connectivity index is 2.19. The lowest BCUT2D eigenvalue weighted by atomic mass is 10.0. The lowest BCUT2D eigenvalue weighted by Crippen LogP contribution is -2.32. The van der Waals surface area contributed by atoms with E-state index in [1.54, 1.807) is 0 Å². The van der Waals surface area contributed by atoms with Gasteiger partial charge in [0, 0.05) is 12.6 Å². The summed E-state index contributed by atoms with van der Waals surface area (Å²) < 4.78 is 12.3. The maximum absolute atomic E-state index is 6.01. The Morgan fingerprint density at radius 3 is 2.67 bits per heavy atom. The summed E-state index contributed by atoms with van der Waals surface area (Å²) in [7, 11) is 2.13. The van der Waals surface area contributed by atoms with E-state index in [0.717, 1.165) is 22.5 Å². The van der Waals surface area contributed by atoms with Gasteiger partial charge in [-0.3, -0.25) is 4.90 Å². The molecule has 0 radical (unpaired) electrons. The largest absolute Gasteiger partial charge is 0.486 e. The van der Waals surface area contributed by atoms with E-state index in [0.29, 0.717) is 25.7 Å². The maximum atomic E-state index is 6.01. The zero-order chi connectivity index (χ0) is 15.4. The van der Waals surface area contributed by atoms with Crippen LogP contribution in [0, 0.1) is 5.92 Å². The molecule has 118 valence electrons. The van der Waals surface area contributed by atoms with Crippen LogP contribution < -0.4 is 15.2 Å². The molecule has 0 spiro atoms. The molecule has 4 nitrogen and oxygen atoms in total. The predicted octanol–water partition coefficient (Wildman–Crippen LogP) is 3.20. The minimum atomic E-state index is 0.191. The van der Waals surface area contributed by atoms with Gasteiger partial charge >= 0.3 is 0 Å². The van der Waals surface area contributed by atoms with Gasteiger partial charge in [0.2, 0.25) is 0 Å². The van der Waals surface area contributed by atoms with Gasteiger partial charge in [0.05, 0.1) is 4.47 Å². The van der Waals surface area contributed by atoms with Gasteiger partial charge < -0.3 is 15.2 Å². The molecule has 1 aliphatic heterocycles. The Kier molecular flexibility index (Phi) is 5.90. The lowest BCUT2D eigenvalue weighted by molar-refractivity contribution is 0.169. The van der Waals surface area contributed by atoms with Gasteiger partial charge in [0.15, 0.2) is 11.5 Å². The highest BCUT2D eigenvalue weighted by Gasteiger charge is 2.22. The molecule has 2 rings (SSSR count). The van der Waals surface area contributed by atoms with Crippen LogP contribution in [0.15, 0.2) is 16.6 Å². The third-order valence-corrected chi connectivity index (χ3v) is 4.41. The lowest BCUT2D eigenvalue weighted by Gasteiger charge is -2.29. The van der Waals surface area contributed by atoms with Crippen LogP contribution in [0.3, 0.4) is 0 Å². The van der Waals surface area contributed by atoms with E-state index in [1.165, 1.54) is 12.0 Å². The fourth-order valence-electron chi connectivity index (χ4n) is 2.51. The Morgan fingerprint density at radius 2 is 2.00 bits per heavy atom. The molecule has 21 heavy (non-hydrogen) atoms. The normalized spacial score (nSPS) is 15.6. The van der Waals surface area contributed by atoms with Gasteiger partial charge in [0.1, 0.15) is 13.2 Å². The van der Waals surface area contributed by atoms with E-state index < -0.39 is 0 Å². The first-order valence-electron chi connectivity index (χ1n) is 7.52. The average Bonchev–Trinajstić information content (AvgIpc) is 2.46. The van der Waals surface area contributed by atoms with Gasteiger partial charge in [-0.25, -0.2) is 0 Å². The molecule has 1 atom stereocenters. The molecule has 0 bridgehead atoms. The topological polar surface area (TPSA) is 47.7 Å². The summed E-state index contributed by atoms with van der Waals surface area (Å²) in [4.78, 5) is 2.32. The van der Waals surface area contributed by atoms with Crippen LogP contribution in [0.2, 0.25) is 0 Å². The molecular weight excluding hydrogens is 332 g/mol. The summed E-state index contributed by atoms with van der Waals surface area (Å²) in [6, 6.07) is 4.34. The number of likely N-dealkylation sites (N-methyl/N-ethyl adjacent to an activating group) is 1. The second-order valence-corrected chi connectivity index (χ2v) is 6.80. The molecule has 1 unspecified atom stereocenters. The Bertz CT molecular complexity index is 480. The summed E-state index contributed by atoms with van der Waals surface area (Å²) in [5.74, 6) is 2.30. The number of benzene rings is 1. The van der Waals surface area contributed by atoms with Gasteiger partial charge in [-0.1, -0.05) is 13.8 Å². The fraction of sp³-hybridized carbons (Fsp3) is 0.625. The molecule has 5 heteroatoms. The first-order chi connectivity index (χ1) is 10.0. The fourth-order valence-corrected chi connectivity index (χ4v) is 3.09. The third kappa shape index (κ3) is 4.11. The van der Waals surface area contributed by atoms with Crippen LogP contribution in [0.4, 0.5) is 0 Å². The first kappa shape index (κ1) is 16.6. The third-order valence-electron chi connectivity index (χ3n) is 3.82. The van der Waals surface area contributed by atoms with Crippen LogP contribution in [0.1, 0.15) is 31.9 Å². The number of nitrogens with two attached hydrogens (primary N) is 1. The molecular formula is C16H25BrN2O2. The van der Waals surface area contributed by atoms with Crippen molar-refractivity contribution in [2.45, 2.75) is 26.3 Å². The molecule has 0 saturated carbocycles. The average molecular weight is 357 g/mol. The second-order valence-electron chi connectivity index (χ2n) is 5.94. The first-order valence-corrected chi connectivity index (χ1v) is 8.31. The molecule has 1 heterocycles.